The molecule has 0 saturated carbocycles. The highest BCUT2D eigenvalue weighted by atomic mass is 32.1. The summed E-state index contributed by atoms with van der Waals surface area (Å²) in [5, 5.41) is 4.78. The molecule has 0 spiro atoms. The van der Waals surface area contributed by atoms with Crippen molar-refractivity contribution in [2.45, 2.75) is 33.7 Å². The van der Waals surface area contributed by atoms with Gasteiger partial charge >= 0.3 is 0 Å². The Balaban J connectivity index is 2.02. The van der Waals surface area contributed by atoms with Gasteiger partial charge in [-0.2, -0.15) is 0 Å². The summed E-state index contributed by atoms with van der Waals surface area (Å²) in [5.41, 5.74) is 1.11. The number of benzene rings is 1. The lowest BCUT2D eigenvalue weighted by Gasteiger charge is -2.18. The summed E-state index contributed by atoms with van der Waals surface area (Å²) in [6.07, 6.45) is 0. The topological polar surface area (TPSA) is 24.9 Å². The Kier molecular flexibility index (Phi) is 4.36. The Hall–Kier alpha value is -0.930. The van der Waals surface area contributed by atoms with Crippen LogP contribution in [0.25, 0.3) is 10.2 Å². The Labute approximate surface area is 113 Å². The number of fused-ring (bicyclic) bond motifs is 1. The van der Waals surface area contributed by atoms with Crippen molar-refractivity contribution in [2.75, 3.05) is 6.54 Å². The Bertz CT molecular complexity index is 471. The summed E-state index contributed by atoms with van der Waals surface area (Å²) in [5.74, 6) is 1.42. The van der Waals surface area contributed by atoms with Gasteiger partial charge in [0.25, 0.3) is 0 Å². The molecule has 2 nitrogen and oxygen atoms in total. The van der Waals surface area contributed by atoms with Gasteiger partial charge < -0.3 is 5.32 Å². The number of nitrogens with one attached hydrogen (secondary N) is 1. The Morgan fingerprint density at radius 1 is 1.17 bits per heavy atom. The maximum Gasteiger partial charge on any atom is 0.111 e. The average molecular weight is 262 g/mol. The van der Waals surface area contributed by atoms with Gasteiger partial charge in [-0.05, 0) is 37.4 Å². The molecule has 0 aliphatic rings. The number of hydrogen-bond acceptors (Lipinski definition) is 3. The minimum Gasteiger partial charge on any atom is -0.308 e. The van der Waals surface area contributed by atoms with Crippen LogP contribution in [0.5, 0.6) is 0 Å². The average Bonchev–Trinajstić information content (AvgIpc) is 2.79. The molecule has 2 aromatic rings. The minimum absolute atomic E-state index is 0.337. The first-order valence-electron chi connectivity index (χ1n) is 6.66. The number of rotatable bonds is 5. The molecule has 0 bridgehead atoms. The fraction of sp³-hybridized carbons (Fsp3) is 0.533. The van der Waals surface area contributed by atoms with Crippen molar-refractivity contribution >= 4 is 21.6 Å². The highest BCUT2D eigenvalue weighted by molar-refractivity contribution is 7.18. The van der Waals surface area contributed by atoms with E-state index in [4.69, 9.17) is 4.98 Å². The number of para-hydroxylation sites is 1. The molecule has 2 unspecified atom stereocenters. The normalized spacial score (nSPS) is 15.2. The standard InChI is InChI=1S/C15H22N2S/c1-10(2)11(3)9-16-12(4)15-17-13-7-5-6-8-14(13)18-15/h5-8,10-12,16H,9H2,1-4H3. The van der Waals surface area contributed by atoms with Gasteiger partial charge in [-0.1, -0.05) is 32.9 Å². The fourth-order valence-electron chi connectivity index (χ4n) is 1.76. The second-order valence-electron chi connectivity index (χ2n) is 5.37. The van der Waals surface area contributed by atoms with Gasteiger partial charge in [-0.25, -0.2) is 4.98 Å². The van der Waals surface area contributed by atoms with E-state index >= 15 is 0 Å². The van der Waals surface area contributed by atoms with Gasteiger partial charge in [-0.15, -0.1) is 11.3 Å². The number of thiazole rings is 1. The summed E-state index contributed by atoms with van der Waals surface area (Å²) in [6, 6.07) is 8.68. The Morgan fingerprint density at radius 3 is 2.56 bits per heavy atom. The van der Waals surface area contributed by atoms with Gasteiger partial charge in [0, 0.05) is 0 Å². The van der Waals surface area contributed by atoms with Gasteiger partial charge in [-0.3, -0.25) is 0 Å². The van der Waals surface area contributed by atoms with Crippen molar-refractivity contribution in [1.82, 2.24) is 10.3 Å². The largest absolute Gasteiger partial charge is 0.308 e. The van der Waals surface area contributed by atoms with Crippen LogP contribution >= 0.6 is 11.3 Å². The number of aromatic nitrogens is 1. The third-order valence-electron chi connectivity index (χ3n) is 3.56. The quantitative estimate of drug-likeness (QED) is 0.872. The second-order valence-corrected chi connectivity index (χ2v) is 6.43. The summed E-state index contributed by atoms with van der Waals surface area (Å²) >= 11 is 1.79. The summed E-state index contributed by atoms with van der Waals surface area (Å²) in [7, 11) is 0. The molecular formula is C15H22N2S. The first-order valence-corrected chi connectivity index (χ1v) is 7.48. The first-order chi connectivity index (χ1) is 8.58. The lowest BCUT2D eigenvalue weighted by molar-refractivity contribution is 0.375. The van der Waals surface area contributed by atoms with E-state index in [0.29, 0.717) is 12.0 Å². The summed E-state index contributed by atoms with van der Waals surface area (Å²) in [6.45, 7) is 10.1. The molecule has 0 aliphatic heterocycles. The van der Waals surface area contributed by atoms with Crippen LogP contribution < -0.4 is 5.32 Å². The van der Waals surface area contributed by atoms with Crippen LogP contribution in [-0.4, -0.2) is 11.5 Å². The van der Waals surface area contributed by atoms with Crippen molar-refractivity contribution in [2.24, 2.45) is 11.8 Å². The smallest absolute Gasteiger partial charge is 0.111 e. The van der Waals surface area contributed by atoms with E-state index in [1.54, 1.807) is 11.3 Å². The second kappa shape index (κ2) is 5.81. The predicted octanol–water partition coefficient (Wildman–Crippen LogP) is 4.24. The SMILES string of the molecule is CC(NCC(C)C(C)C)c1nc2ccccc2s1. The molecule has 0 amide bonds. The van der Waals surface area contributed by atoms with Crippen molar-refractivity contribution in [3.05, 3.63) is 29.3 Å². The van der Waals surface area contributed by atoms with E-state index in [-0.39, 0.29) is 0 Å². The molecule has 3 heteroatoms. The molecule has 0 aliphatic carbocycles. The van der Waals surface area contributed by atoms with E-state index in [1.807, 2.05) is 6.07 Å². The summed E-state index contributed by atoms with van der Waals surface area (Å²) < 4.78 is 1.28. The zero-order valence-corrected chi connectivity index (χ0v) is 12.4. The maximum atomic E-state index is 4.69. The molecule has 0 radical (unpaired) electrons. The molecule has 1 heterocycles. The van der Waals surface area contributed by atoms with Crippen LogP contribution in [0, 0.1) is 11.8 Å². The van der Waals surface area contributed by atoms with Crippen molar-refractivity contribution in [3.8, 4) is 0 Å². The van der Waals surface area contributed by atoms with Gasteiger partial charge in [0.05, 0.1) is 16.3 Å². The molecule has 1 N–H and O–H groups in total. The third-order valence-corrected chi connectivity index (χ3v) is 4.78. The fourth-order valence-corrected chi connectivity index (χ4v) is 2.76. The molecular weight excluding hydrogens is 240 g/mol. The summed E-state index contributed by atoms with van der Waals surface area (Å²) in [4.78, 5) is 4.69. The highest BCUT2D eigenvalue weighted by Gasteiger charge is 2.13. The number of nitrogens with zero attached hydrogens (tertiary/aromatic N) is 1. The highest BCUT2D eigenvalue weighted by Crippen LogP contribution is 2.26. The zero-order chi connectivity index (χ0) is 13.1. The van der Waals surface area contributed by atoms with Gasteiger partial charge in [0.2, 0.25) is 0 Å². The lowest BCUT2D eigenvalue weighted by atomic mass is 9.98. The molecule has 18 heavy (non-hydrogen) atoms. The van der Waals surface area contributed by atoms with E-state index in [2.05, 4.69) is 51.2 Å². The predicted molar refractivity (Wildman–Crippen MR) is 80.0 cm³/mol. The van der Waals surface area contributed by atoms with E-state index in [1.165, 1.54) is 9.71 Å². The maximum absolute atomic E-state index is 4.69. The molecule has 98 valence electrons. The first kappa shape index (κ1) is 13.5. The van der Waals surface area contributed by atoms with Crippen LogP contribution in [0.15, 0.2) is 24.3 Å². The molecule has 2 atom stereocenters. The van der Waals surface area contributed by atoms with Crippen molar-refractivity contribution in [1.29, 1.82) is 0 Å². The van der Waals surface area contributed by atoms with Gasteiger partial charge in [0.1, 0.15) is 5.01 Å². The van der Waals surface area contributed by atoms with Crippen LogP contribution in [0.4, 0.5) is 0 Å². The molecule has 0 fully saturated rings. The minimum atomic E-state index is 0.337. The van der Waals surface area contributed by atoms with Crippen molar-refractivity contribution in [3.63, 3.8) is 0 Å². The van der Waals surface area contributed by atoms with E-state index < -0.39 is 0 Å². The third kappa shape index (κ3) is 3.09. The molecule has 1 aromatic heterocycles. The monoisotopic (exact) mass is 262 g/mol. The molecule has 1 aromatic carbocycles. The van der Waals surface area contributed by atoms with E-state index in [0.717, 1.165) is 18.0 Å². The lowest BCUT2D eigenvalue weighted by Crippen LogP contribution is -2.26. The van der Waals surface area contributed by atoms with Crippen LogP contribution in [0.1, 0.15) is 38.7 Å². The Morgan fingerprint density at radius 2 is 1.89 bits per heavy atom. The molecule has 2 rings (SSSR count). The van der Waals surface area contributed by atoms with Crippen LogP contribution in [0.2, 0.25) is 0 Å². The van der Waals surface area contributed by atoms with Crippen LogP contribution in [0.3, 0.4) is 0 Å². The molecule has 0 saturated heterocycles. The van der Waals surface area contributed by atoms with E-state index in [9.17, 15) is 0 Å². The van der Waals surface area contributed by atoms with Crippen LogP contribution in [-0.2, 0) is 0 Å². The van der Waals surface area contributed by atoms with Gasteiger partial charge in [0.15, 0.2) is 0 Å². The van der Waals surface area contributed by atoms with Crippen molar-refractivity contribution < 1.29 is 0 Å². The zero-order valence-electron chi connectivity index (χ0n) is 11.6. The number of hydrogen-bond donors (Lipinski definition) is 1.